The number of ether oxygens (including phenoxy) is 1. The van der Waals surface area contributed by atoms with Crippen LogP contribution in [0.1, 0.15) is 4.88 Å². The molecule has 1 saturated heterocycles. The minimum Gasteiger partial charge on any atom is -0.457 e. The van der Waals surface area contributed by atoms with Gasteiger partial charge in [-0.1, -0.05) is 18.2 Å². The van der Waals surface area contributed by atoms with Crippen molar-refractivity contribution < 1.29 is 14.3 Å². The Morgan fingerprint density at radius 1 is 0.966 bits per heavy atom. The third kappa shape index (κ3) is 4.29. The molecule has 0 unspecified atom stereocenters. The second-order valence-electron chi connectivity index (χ2n) is 6.01. The van der Waals surface area contributed by atoms with E-state index < -0.39 is 11.8 Å². The first-order valence-corrected chi connectivity index (χ1v) is 10.5. The van der Waals surface area contributed by atoms with Gasteiger partial charge >= 0.3 is 0 Å². The van der Waals surface area contributed by atoms with Crippen LogP contribution in [0, 0.1) is 0 Å². The van der Waals surface area contributed by atoms with Crippen LogP contribution in [0.4, 0.5) is 5.69 Å². The Morgan fingerprint density at radius 3 is 2.31 bits per heavy atom. The Hall–Kier alpha value is -2.81. The van der Waals surface area contributed by atoms with Gasteiger partial charge in [-0.3, -0.25) is 19.8 Å². The molecule has 8 heteroatoms. The quantitative estimate of drug-likeness (QED) is 0.316. The molecule has 0 bridgehead atoms. The predicted molar refractivity (Wildman–Crippen MR) is 121 cm³/mol. The van der Waals surface area contributed by atoms with Crippen molar-refractivity contribution in [1.29, 1.82) is 0 Å². The summed E-state index contributed by atoms with van der Waals surface area (Å²) in [6.45, 7) is 0. The molecule has 1 aliphatic heterocycles. The lowest BCUT2D eigenvalue weighted by molar-refractivity contribution is -0.122. The molecule has 29 heavy (non-hydrogen) atoms. The molecule has 4 rings (SSSR count). The fraction of sp³-hybridized carbons (Fsp3) is 0. The monoisotopic (exact) mass is 484 g/mol. The third-order valence-corrected chi connectivity index (χ3v) is 5.91. The fourth-order valence-corrected chi connectivity index (χ4v) is 4.38. The van der Waals surface area contributed by atoms with Crippen molar-refractivity contribution in [3.05, 3.63) is 81.0 Å². The lowest BCUT2D eigenvalue weighted by atomic mass is 10.1. The molecule has 2 heterocycles. The van der Waals surface area contributed by atoms with Crippen LogP contribution in [0.3, 0.4) is 0 Å². The number of nitrogens with one attached hydrogen (secondary N) is 1. The van der Waals surface area contributed by atoms with E-state index in [1.807, 2.05) is 42.5 Å². The van der Waals surface area contributed by atoms with Gasteiger partial charge in [0.05, 0.1) is 9.47 Å². The number of amides is 2. The number of thiophene rings is 1. The molecular weight excluding hydrogens is 472 g/mol. The van der Waals surface area contributed by atoms with E-state index in [1.165, 1.54) is 16.2 Å². The van der Waals surface area contributed by atoms with E-state index in [2.05, 4.69) is 21.2 Å². The standard InChI is InChI=1S/C21H13BrN2O3S2/c22-18-11-10-16(29-18)12-17-19(25)23-21(28)24(20(17)26)13-6-8-15(9-7-13)27-14-4-2-1-3-5-14/h1-12H,(H,23,25,28)/b17-12+. The highest BCUT2D eigenvalue weighted by molar-refractivity contribution is 9.11. The second-order valence-corrected chi connectivity index (χ2v) is 8.89. The van der Waals surface area contributed by atoms with E-state index in [1.54, 1.807) is 30.3 Å². The molecule has 0 atom stereocenters. The lowest BCUT2D eigenvalue weighted by Crippen LogP contribution is -2.54. The number of carbonyl (C=O) groups is 2. The van der Waals surface area contributed by atoms with Gasteiger partial charge in [0.25, 0.3) is 11.8 Å². The van der Waals surface area contributed by atoms with Crippen LogP contribution in [0.15, 0.2) is 76.1 Å². The topological polar surface area (TPSA) is 58.6 Å². The molecule has 0 saturated carbocycles. The van der Waals surface area contributed by atoms with Crippen molar-refractivity contribution in [3.8, 4) is 11.5 Å². The summed E-state index contributed by atoms with van der Waals surface area (Å²) in [7, 11) is 0. The molecule has 5 nitrogen and oxygen atoms in total. The van der Waals surface area contributed by atoms with E-state index >= 15 is 0 Å². The highest BCUT2D eigenvalue weighted by Crippen LogP contribution is 2.28. The normalized spacial score (nSPS) is 15.6. The summed E-state index contributed by atoms with van der Waals surface area (Å²) in [5.74, 6) is 0.354. The average Bonchev–Trinajstić information content (AvgIpc) is 3.12. The average molecular weight is 485 g/mol. The van der Waals surface area contributed by atoms with Crippen LogP contribution in [0.5, 0.6) is 11.5 Å². The molecule has 1 N–H and O–H groups in total. The van der Waals surface area contributed by atoms with Crippen molar-refractivity contribution in [2.45, 2.75) is 0 Å². The van der Waals surface area contributed by atoms with E-state index in [9.17, 15) is 9.59 Å². The summed E-state index contributed by atoms with van der Waals surface area (Å²) < 4.78 is 6.68. The van der Waals surface area contributed by atoms with Crippen molar-refractivity contribution in [1.82, 2.24) is 5.32 Å². The number of thiocarbonyl (C=S) groups is 1. The smallest absolute Gasteiger partial charge is 0.270 e. The maximum atomic E-state index is 13.0. The van der Waals surface area contributed by atoms with Crippen LogP contribution in [-0.4, -0.2) is 16.9 Å². The molecule has 2 amide bonds. The highest BCUT2D eigenvalue weighted by Gasteiger charge is 2.34. The Labute approximate surface area is 184 Å². The van der Waals surface area contributed by atoms with Gasteiger partial charge in [0.15, 0.2) is 5.11 Å². The number of para-hydroxylation sites is 1. The first-order valence-electron chi connectivity index (χ1n) is 8.51. The van der Waals surface area contributed by atoms with Crippen molar-refractivity contribution in [2.24, 2.45) is 0 Å². The number of nitrogens with zero attached hydrogens (tertiary/aromatic N) is 1. The summed E-state index contributed by atoms with van der Waals surface area (Å²) in [4.78, 5) is 27.4. The molecular formula is C21H13BrN2O3S2. The summed E-state index contributed by atoms with van der Waals surface area (Å²) in [6, 6.07) is 20.0. The zero-order valence-corrected chi connectivity index (χ0v) is 18.0. The summed E-state index contributed by atoms with van der Waals surface area (Å²) >= 11 is 10.0. The van der Waals surface area contributed by atoms with Gasteiger partial charge in [-0.05, 0) is 82.8 Å². The largest absolute Gasteiger partial charge is 0.457 e. The number of anilines is 1. The van der Waals surface area contributed by atoms with E-state index in [4.69, 9.17) is 17.0 Å². The van der Waals surface area contributed by atoms with Gasteiger partial charge in [-0.25, -0.2) is 0 Å². The zero-order valence-electron chi connectivity index (χ0n) is 14.8. The van der Waals surface area contributed by atoms with E-state index in [0.717, 1.165) is 8.66 Å². The van der Waals surface area contributed by atoms with Crippen LogP contribution in [-0.2, 0) is 9.59 Å². The van der Waals surface area contributed by atoms with Crippen LogP contribution < -0.4 is 15.0 Å². The number of hydrogen-bond donors (Lipinski definition) is 1. The van der Waals surface area contributed by atoms with Crippen LogP contribution in [0.2, 0.25) is 0 Å². The molecule has 0 spiro atoms. The van der Waals surface area contributed by atoms with E-state index in [0.29, 0.717) is 17.2 Å². The van der Waals surface area contributed by atoms with Gasteiger partial charge in [0.2, 0.25) is 0 Å². The molecule has 0 aliphatic carbocycles. The van der Waals surface area contributed by atoms with Crippen LogP contribution in [0.25, 0.3) is 6.08 Å². The van der Waals surface area contributed by atoms with Gasteiger partial charge in [-0.15, -0.1) is 11.3 Å². The Morgan fingerprint density at radius 2 is 1.66 bits per heavy atom. The fourth-order valence-electron chi connectivity index (χ4n) is 2.73. The van der Waals surface area contributed by atoms with Crippen molar-refractivity contribution in [3.63, 3.8) is 0 Å². The maximum Gasteiger partial charge on any atom is 0.270 e. The SMILES string of the molecule is O=C1NC(=S)N(c2ccc(Oc3ccccc3)cc2)C(=O)/C1=C/c1ccc(Br)s1. The van der Waals surface area contributed by atoms with Crippen LogP contribution >= 0.6 is 39.5 Å². The number of carbonyl (C=O) groups excluding carboxylic acids is 2. The first-order chi connectivity index (χ1) is 14.0. The van der Waals surface area contributed by atoms with E-state index in [-0.39, 0.29) is 10.7 Å². The summed E-state index contributed by atoms with van der Waals surface area (Å²) in [6.07, 6.45) is 1.56. The third-order valence-electron chi connectivity index (χ3n) is 4.06. The Kier molecular flexibility index (Phi) is 5.57. The van der Waals surface area contributed by atoms with Crippen molar-refractivity contribution in [2.75, 3.05) is 4.90 Å². The zero-order chi connectivity index (χ0) is 20.4. The minimum atomic E-state index is -0.509. The Balaban J connectivity index is 1.59. The molecule has 3 aromatic rings. The summed E-state index contributed by atoms with van der Waals surface area (Å²) in [5.41, 5.74) is 0.566. The lowest BCUT2D eigenvalue weighted by Gasteiger charge is -2.28. The molecule has 1 fully saturated rings. The minimum absolute atomic E-state index is 0.0255. The van der Waals surface area contributed by atoms with Crippen molar-refractivity contribution >= 4 is 68.2 Å². The number of hydrogen-bond acceptors (Lipinski definition) is 5. The maximum absolute atomic E-state index is 13.0. The molecule has 1 aromatic heterocycles. The summed E-state index contributed by atoms with van der Waals surface area (Å²) in [5, 5.41) is 2.62. The second kappa shape index (κ2) is 8.28. The highest BCUT2D eigenvalue weighted by atomic mass is 79.9. The molecule has 2 aromatic carbocycles. The predicted octanol–water partition coefficient (Wildman–Crippen LogP) is 5.13. The first kappa shape index (κ1) is 19.5. The molecule has 144 valence electrons. The molecule has 1 aliphatic rings. The molecule has 0 radical (unpaired) electrons. The van der Waals surface area contributed by atoms with Gasteiger partial charge in [-0.2, -0.15) is 0 Å². The number of halogens is 1. The van der Waals surface area contributed by atoms with Gasteiger partial charge in [0, 0.05) is 4.88 Å². The Bertz CT molecular complexity index is 1120. The number of rotatable bonds is 4. The number of benzene rings is 2. The van der Waals surface area contributed by atoms with Gasteiger partial charge < -0.3 is 4.74 Å². The van der Waals surface area contributed by atoms with Gasteiger partial charge in [0.1, 0.15) is 17.1 Å².